The average Bonchev–Trinajstić information content (AvgIpc) is 2.51. The fourth-order valence-corrected chi connectivity index (χ4v) is 1.02. The first-order chi connectivity index (χ1) is 5.70. The monoisotopic (exact) mass is 186 g/mol. The third-order valence-electron chi connectivity index (χ3n) is 1.18. The van der Waals surface area contributed by atoms with Crippen LogP contribution in [0.25, 0.3) is 0 Å². The molecule has 1 rings (SSSR count). The molecule has 66 valence electrons. The van der Waals surface area contributed by atoms with Crippen molar-refractivity contribution in [3.8, 4) is 0 Å². The second kappa shape index (κ2) is 4.13. The van der Waals surface area contributed by atoms with E-state index >= 15 is 0 Å². The van der Waals surface area contributed by atoms with Gasteiger partial charge in [0, 0.05) is 12.6 Å². The Kier molecular flexibility index (Phi) is 3.12. The number of hydrogen-bond acceptors (Lipinski definition) is 5. The van der Waals surface area contributed by atoms with Crippen LogP contribution in [0.4, 0.5) is 0 Å². The largest absolute Gasteiger partial charge is 0.349 e. The number of carbonyl (C=O) groups excluding carboxylic acids is 1. The Morgan fingerprint density at radius 2 is 2.67 bits per heavy atom. The summed E-state index contributed by atoms with van der Waals surface area (Å²) in [5, 5.41) is 2.62. The van der Waals surface area contributed by atoms with Crippen LogP contribution in [-0.2, 0) is 0 Å². The number of nitrogens with two attached hydrogens (primary N) is 1. The molecule has 6 heteroatoms. The van der Waals surface area contributed by atoms with E-state index in [1.165, 1.54) is 6.20 Å². The molecule has 0 radical (unpaired) electrons. The fraction of sp³-hybridized carbons (Fsp3) is 0.500. The molecule has 1 unspecified atom stereocenters. The quantitative estimate of drug-likeness (QED) is 0.674. The van der Waals surface area contributed by atoms with Gasteiger partial charge < -0.3 is 11.1 Å². The van der Waals surface area contributed by atoms with Gasteiger partial charge in [0.05, 0.1) is 17.9 Å². The van der Waals surface area contributed by atoms with E-state index < -0.39 is 0 Å². The van der Waals surface area contributed by atoms with Crippen LogP contribution in [0.15, 0.2) is 6.20 Å². The zero-order chi connectivity index (χ0) is 8.97. The van der Waals surface area contributed by atoms with Crippen molar-refractivity contribution in [3.63, 3.8) is 0 Å². The summed E-state index contributed by atoms with van der Waals surface area (Å²) in [6.45, 7) is 2.27. The van der Waals surface area contributed by atoms with E-state index in [9.17, 15) is 4.79 Å². The van der Waals surface area contributed by atoms with Crippen molar-refractivity contribution in [1.82, 2.24) is 14.1 Å². The van der Waals surface area contributed by atoms with E-state index in [2.05, 4.69) is 14.1 Å². The molecule has 12 heavy (non-hydrogen) atoms. The molecule has 0 fully saturated rings. The molecular weight excluding hydrogens is 176 g/mol. The Morgan fingerprint density at radius 1 is 1.92 bits per heavy atom. The summed E-state index contributed by atoms with van der Waals surface area (Å²) in [4.78, 5) is 11.1. The zero-order valence-corrected chi connectivity index (χ0v) is 7.47. The first kappa shape index (κ1) is 9.08. The van der Waals surface area contributed by atoms with E-state index in [4.69, 9.17) is 5.73 Å². The Balaban J connectivity index is 2.40. The van der Waals surface area contributed by atoms with Crippen molar-refractivity contribution < 1.29 is 4.79 Å². The third kappa shape index (κ3) is 2.55. The number of nitrogens with one attached hydrogen (secondary N) is 1. The van der Waals surface area contributed by atoms with E-state index in [0.717, 1.165) is 11.7 Å². The molecule has 0 aliphatic heterocycles. The summed E-state index contributed by atoms with van der Waals surface area (Å²) in [7, 11) is 0. The highest BCUT2D eigenvalue weighted by atomic mass is 32.1. The Bertz CT molecular complexity index is 246. The smallest absolute Gasteiger partial charge is 0.272 e. The molecule has 3 N–H and O–H groups in total. The van der Waals surface area contributed by atoms with E-state index in [0.29, 0.717) is 12.2 Å². The van der Waals surface area contributed by atoms with Crippen molar-refractivity contribution >= 4 is 17.6 Å². The Labute approximate surface area is 74.3 Å². The number of carbonyl (C=O) groups is 1. The highest BCUT2D eigenvalue weighted by Crippen LogP contribution is 1.93. The van der Waals surface area contributed by atoms with Crippen molar-refractivity contribution in [3.05, 3.63) is 11.9 Å². The lowest BCUT2D eigenvalue weighted by atomic mass is 10.3. The summed E-state index contributed by atoms with van der Waals surface area (Å²) in [6, 6.07) is -0.0412. The highest BCUT2D eigenvalue weighted by molar-refractivity contribution is 6.99. The van der Waals surface area contributed by atoms with E-state index in [1.807, 2.05) is 6.92 Å². The van der Waals surface area contributed by atoms with Gasteiger partial charge in [-0.25, -0.2) is 0 Å². The molecule has 0 bridgehead atoms. The van der Waals surface area contributed by atoms with Crippen molar-refractivity contribution in [2.75, 3.05) is 6.54 Å². The molecule has 0 aliphatic rings. The summed E-state index contributed by atoms with van der Waals surface area (Å²) in [6.07, 6.45) is 1.43. The second-order valence-corrected chi connectivity index (χ2v) is 3.04. The molecule has 0 aliphatic carbocycles. The van der Waals surface area contributed by atoms with E-state index in [1.54, 1.807) is 0 Å². The maximum atomic E-state index is 11.1. The van der Waals surface area contributed by atoms with Crippen LogP contribution in [-0.4, -0.2) is 27.2 Å². The Hall–Kier alpha value is -1.01. The minimum atomic E-state index is -0.221. The number of nitrogens with zero attached hydrogens (tertiary/aromatic N) is 2. The van der Waals surface area contributed by atoms with Crippen LogP contribution in [0.5, 0.6) is 0 Å². The van der Waals surface area contributed by atoms with Gasteiger partial charge in [0.2, 0.25) is 0 Å². The van der Waals surface area contributed by atoms with Gasteiger partial charge in [-0.15, -0.1) is 0 Å². The molecular formula is C6H10N4OS. The molecule has 1 atom stereocenters. The van der Waals surface area contributed by atoms with Gasteiger partial charge in [0.15, 0.2) is 5.69 Å². The predicted molar refractivity (Wildman–Crippen MR) is 45.9 cm³/mol. The lowest BCUT2D eigenvalue weighted by Crippen LogP contribution is -2.35. The molecule has 1 amide bonds. The summed E-state index contributed by atoms with van der Waals surface area (Å²) in [5.41, 5.74) is 5.79. The van der Waals surface area contributed by atoms with E-state index in [-0.39, 0.29) is 11.9 Å². The SMILES string of the molecule is CC(N)CNC(=O)c1cnsn1. The minimum Gasteiger partial charge on any atom is -0.349 e. The number of amides is 1. The van der Waals surface area contributed by atoms with Crippen LogP contribution in [0.2, 0.25) is 0 Å². The van der Waals surface area contributed by atoms with Crippen LogP contribution in [0, 0.1) is 0 Å². The normalized spacial score (nSPS) is 12.5. The van der Waals surface area contributed by atoms with Gasteiger partial charge in [-0.3, -0.25) is 4.79 Å². The van der Waals surface area contributed by atoms with Gasteiger partial charge in [-0.1, -0.05) is 0 Å². The molecule has 0 spiro atoms. The highest BCUT2D eigenvalue weighted by Gasteiger charge is 2.07. The topological polar surface area (TPSA) is 80.9 Å². The molecule has 0 saturated heterocycles. The summed E-state index contributed by atoms with van der Waals surface area (Å²) >= 11 is 1.01. The Morgan fingerprint density at radius 3 is 3.17 bits per heavy atom. The molecule has 1 heterocycles. The third-order valence-corrected chi connectivity index (χ3v) is 1.66. The molecule has 1 aromatic heterocycles. The predicted octanol–water partition coefficient (Wildman–Crippen LogP) is -0.385. The maximum absolute atomic E-state index is 11.1. The molecule has 0 saturated carbocycles. The summed E-state index contributed by atoms with van der Waals surface area (Å²) in [5.74, 6) is -0.221. The molecule has 1 aromatic rings. The zero-order valence-electron chi connectivity index (χ0n) is 6.65. The first-order valence-electron chi connectivity index (χ1n) is 3.51. The number of rotatable bonds is 3. The lowest BCUT2D eigenvalue weighted by molar-refractivity contribution is 0.0947. The molecule has 0 aromatic carbocycles. The van der Waals surface area contributed by atoms with Gasteiger partial charge in [0.25, 0.3) is 5.91 Å². The average molecular weight is 186 g/mol. The first-order valence-corrected chi connectivity index (χ1v) is 4.24. The van der Waals surface area contributed by atoms with Gasteiger partial charge >= 0.3 is 0 Å². The molecule has 5 nitrogen and oxygen atoms in total. The van der Waals surface area contributed by atoms with Gasteiger partial charge in [-0.05, 0) is 6.92 Å². The van der Waals surface area contributed by atoms with Crippen molar-refractivity contribution in [2.24, 2.45) is 5.73 Å². The second-order valence-electron chi connectivity index (χ2n) is 2.48. The minimum absolute atomic E-state index is 0.0412. The fourth-order valence-electron chi connectivity index (χ4n) is 0.609. The van der Waals surface area contributed by atoms with Crippen LogP contribution in [0.3, 0.4) is 0 Å². The van der Waals surface area contributed by atoms with Gasteiger partial charge in [0.1, 0.15) is 0 Å². The standard InChI is InChI=1S/C6H10N4OS/c1-4(7)2-8-6(11)5-3-9-12-10-5/h3-4H,2,7H2,1H3,(H,8,11). The van der Waals surface area contributed by atoms with Crippen molar-refractivity contribution in [1.29, 1.82) is 0 Å². The number of hydrogen-bond donors (Lipinski definition) is 2. The van der Waals surface area contributed by atoms with Gasteiger partial charge in [-0.2, -0.15) is 8.75 Å². The van der Waals surface area contributed by atoms with Crippen molar-refractivity contribution in [2.45, 2.75) is 13.0 Å². The van der Waals surface area contributed by atoms with Crippen LogP contribution >= 0.6 is 11.7 Å². The maximum Gasteiger partial charge on any atom is 0.272 e. The van der Waals surface area contributed by atoms with Crippen LogP contribution in [0.1, 0.15) is 17.4 Å². The lowest BCUT2D eigenvalue weighted by Gasteiger charge is -2.04. The summed E-state index contributed by atoms with van der Waals surface area (Å²) < 4.78 is 7.48. The van der Waals surface area contributed by atoms with Crippen LogP contribution < -0.4 is 11.1 Å². The number of aromatic nitrogens is 2.